The molecule has 4 nitrogen and oxygen atoms in total. The van der Waals surface area contributed by atoms with E-state index in [1.807, 2.05) is 11.7 Å². The molecule has 0 saturated carbocycles. The van der Waals surface area contributed by atoms with Crippen molar-refractivity contribution in [1.29, 1.82) is 0 Å². The highest BCUT2D eigenvalue weighted by atomic mass is 16.3. The molecule has 1 aliphatic carbocycles. The minimum absolute atomic E-state index is 0.183. The number of hydrogen-bond acceptors (Lipinski definition) is 3. The second kappa shape index (κ2) is 3.06. The molecule has 0 bridgehead atoms. The summed E-state index contributed by atoms with van der Waals surface area (Å²) in [5, 5.41) is 14.9. The normalized spacial score (nSPS) is 28.9. The maximum Gasteiger partial charge on any atom is 0.110 e. The van der Waals surface area contributed by atoms with Gasteiger partial charge in [-0.25, -0.2) is 0 Å². The van der Waals surface area contributed by atoms with Crippen molar-refractivity contribution in [3.63, 3.8) is 0 Å². The van der Waals surface area contributed by atoms with Crippen LogP contribution in [0, 0.1) is 5.41 Å². The molecular weight excluding hydrogens is 190 g/mol. The van der Waals surface area contributed by atoms with Crippen LogP contribution in [-0.2, 0) is 19.1 Å². The molecule has 0 amide bonds. The van der Waals surface area contributed by atoms with Gasteiger partial charge in [0.25, 0.3) is 0 Å². The average Bonchev–Trinajstić information content (AvgIpc) is 2.55. The lowest BCUT2D eigenvalue weighted by atomic mass is 9.64. The van der Waals surface area contributed by atoms with Crippen molar-refractivity contribution >= 4 is 0 Å². The molecule has 15 heavy (non-hydrogen) atoms. The molecule has 0 fully saturated rings. The zero-order valence-corrected chi connectivity index (χ0v) is 9.62. The molecule has 4 heteroatoms. The SMILES string of the molecule is Cn1ncc2c1CCC(C)(C)C2(O)CN. The average molecular weight is 209 g/mol. The Bertz CT molecular complexity index is 383. The summed E-state index contributed by atoms with van der Waals surface area (Å²) in [7, 11) is 1.91. The fourth-order valence-electron chi connectivity index (χ4n) is 2.49. The highest BCUT2D eigenvalue weighted by Crippen LogP contribution is 2.47. The predicted molar refractivity (Wildman–Crippen MR) is 58.3 cm³/mol. The first kappa shape index (κ1) is 10.6. The molecule has 2 rings (SSSR count). The van der Waals surface area contributed by atoms with Crippen LogP contribution in [0.4, 0.5) is 0 Å². The van der Waals surface area contributed by atoms with Crippen molar-refractivity contribution in [1.82, 2.24) is 9.78 Å². The molecule has 0 radical (unpaired) electrons. The predicted octanol–water partition coefficient (Wildman–Crippen LogP) is 0.539. The van der Waals surface area contributed by atoms with Crippen molar-refractivity contribution in [3.8, 4) is 0 Å². The van der Waals surface area contributed by atoms with Gasteiger partial charge in [0.15, 0.2) is 0 Å². The Morgan fingerprint density at radius 1 is 1.60 bits per heavy atom. The van der Waals surface area contributed by atoms with Gasteiger partial charge in [-0.15, -0.1) is 0 Å². The first-order valence-corrected chi connectivity index (χ1v) is 5.36. The zero-order valence-electron chi connectivity index (χ0n) is 9.62. The van der Waals surface area contributed by atoms with Crippen LogP contribution in [0.3, 0.4) is 0 Å². The molecule has 3 N–H and O–H groups in total. The number of nitrogens with two attached hydrogens (primary N) is 1. The topological polar surface area (TPSA) is 64.1 Å². The first-order chi connectivity index (χ1) is 6.92. The second-order valence-corrected chi connectivity index (χ2v) is 5.08. The van der Waals surface area contributed by atoms with E-state index in [2.05, 4.69) is 18.9 Å². The van der Waals surface area contributed by atoms with Crippen LogP contribution >= 0.6 is 0 Å². The monoisotopic (exact) mass is 209 g/mol. The van der Waals surface area contributed by atoms with E-state index in [0.29, 0.717) is 0 Å². The fraction of sp³-hybridized carbons (Fsp3) is 0.727. The molecule has 1 atom stereocenters. The van der Waals surface area contributed by atoms with E-state index in [4.69, 9.17) is 5.73 Å². The quantitative estimate of drug-likeness (QED) is 0.709. The molecule has 1 aromatic rings. The van der Waals surface area contributed by atoms with Gasteiger partial charge in [-0.05, 0) is 18.3 Å². The highest BCUT2D eigenvalue weighted by Gasteiger charge is 2.48. The van der Waals surface area contributed by atoms with Crippen molar-refractivity contribution in [2.24, 2.45) is 18.2 Å². The Morgan fingerprint density at radius 3 is 2.87 bits per heavy atom. The maximum atomic E-state index is 10.7. The summed E-state index contributed by atoms with van der Waals surface area (Å²) in [4.78, 5) is 0. The summed E-state index contributed by atoms with van der Waals surface area (Å²) in [5.74, 6) is 0. The summed E-state index contributed by atoms with van der Waals surface area (Å²) in [6.45, 7) is 4.38. The Hall–Kier alpha value is -0.870. The maximum absolute atomic E-state index is 10.7. The number of aliphatic hydroxyl groups is 1. The molecule has 1 aliphatic rings. The van der Waals surface area contributed by atoms with Gasteiger partial charge in [0.1, 0.15) is 5.60 Å². The summed E-state index contributed by atoms with van der Waals surface area (Å²) in [6, 6.07) is 0. The van der Waals surface area contributed by atoms with Gasteiger partial charge in [-0.2, -0.15) is 5.10 Å². The van der Waals surface area contributed by atoms with E-state index in [1.165, 1.54) is 0 Å². The first-order valence-electron chi connectivity index (χ1n) is 5.36. The largest absolute Gasteiger partial charge is 0.383 e. The Kier molecular flexibility index (Phi) is 2.17. The molecule has 1 aromatic heterocycles. The Balaban J connectivity index is 2.59. The Labute approximate surface area is 90.1 Å². The van der Waals surface area contributed by atoms with Gasteiger partial charge in [0.2, 0.25) is 0 Å². The van der Waals surface area contributed by atoms with Crippen LogP contribution in [0.15, 0.2) is 6.20 Å². The van der Waals surface area contributed by atoms with E-state index in [9.17, 15) is 5.11 Å². The third-order valence-corrected chi connectivity index (χ3v) is 3.91. The lowest BCUT2D eigenvalue weighted by molar-refractivity contribution is -0.0779. The summed E-state index contributed by atoms with van der Waals surface area (Å²) >= 11 is 0. The molecule has 0 aliphatic heterocycles. The second-order valence-electron chi connectivity index (χ2n) is 5.08. The van der Waals surface area contributed by atoms with Crippen molar-refractivity contribution in [3.05, 3.63) is 17.5 Å². The Morgan fingerprint density at radius 2 is 2.27 bits per heavy atom. The summed E-state index contributed by atoms with van der Waals surface area (Å²) in [6.07, 6.45) is 3.65. The van der Waals surface area contributed by atoms with Gasteiger partial charge in [0, 0.05) is 24.8 Å². The minimum Gasteiger partial charge on any atom is -0.383 e. The van der Waals surface area contributed by atoms with Gasteiger partial charge >= 0.3 is 0 Å². The van der Waals surface area contributed by atoms with Crippen molar-refractivity contribution in [2.45, 2.75) is 32.3 Å². The fourth-order valence-corrected chi connectivity index (χ4v) is 2.49. The number of aromatic nitrogens is 2. The number of nitrogens with zero attached hydrogens (tertiary/aromatic N) is 2. The van der Waals surface area contributed by atoms with Gasteiger partial charge in [0.05, 0.1) is 6.20 Å². The van der Waals surface area contributed by atoms with Crippen LogP contribution in [0.25, 0.3) is 0 Å². The third kappa shape index (κ3) is 1.25. The van der Waals surface area contributed by atoms with E-state index in [-0.39, 0.29) is 12.0 Å². The molecule has 0 spiro atoms. The number of rotatable bonds is 1. The number of hydrogen-bond donors (Lipinski definition) is 2. The van der Waals surface area contributed by atoms with Gasteiger partial charge < -0.3 is 10.8 Å². The van der Waals surface area contributed by atoms with E-state index in [1.54, 1.807) is 6.20 Å². The molecule has 0 saturated heterocycles. The van der Waals surface area contributed by atoms with Crippen LogP contribution < -0.4 is 5.73 Å². The van der Waals surface area contributed by atoms with Crippen LogP contribution in [0.2, 0.25) is 0 Å². The van der Waals surface area contributed by atoms with E-state index >= 15 is 0 Å². The van der Waals surface area contributed by atoms with E-state index < -0.39 is 5.60 Å². The minimum atomic E-state index is -0.936. The highest BCUT2D eigenvalue weighted by molar-refractivity contribution is 5.31. The number of aryl methyl sites for hydroxylation is 1. The van der Waals surface area contributed by atoms with Gasteiger partial charge in [-0.3, -0.25) is 4.68 Å². The zero-order chi connectivity index (χ0) is 11.3. The summed E-state index contributed by atoms with van der Waals surface area (Å²) in [5.41, 5.74) is 6.65. The molecule has 1 unspecified atom stereocenters. The molecule has 0 aromatic carbocycles. The molecule has 1 heterocycles. The van der Waals surface area contributed by atoms with Crippen molar-refractivity contribution < 1.29 is 5.11 Å². The number of fused-ring (bicyclic) bond motifs is 1. The van der Waals surface area contributed by atoms with Crippen LogP contribution in [0.5, 0.6) is 0 Å². The third-order valence-electron chi connectivity index (χ3n) is 3.91. The standard InChI is InChI=1S/C11H19N3O/c1-10(2)5-4-9-8(6-13-14(9)3)11(10,15)7-12/h6,15H,4-5,7,12H2,1-3H3. The molecular formula is C11H19N3O. The van der Waals surface area contributed by atoms with Crippen LogP contribution in [-0.4, -0.2) is 21.4 Å². The van der Waals surface area contributed by atoms with E-state index in [0.717, 1.165) is 24.1 Å². The smallest absolute Gasteiger partial charge is 0.110 e. The van der Waals surface area contributed by atoms with Gasteiger partial charge in [-0.1, -0.05) is 13.8 Å². The van der Waals surface area contributed by atoms with Crippen LogP contribution in [0.1, 0.15) is 31.5 Å². The lowest BCUT2D eigenvalue weighted by Crippen LogP contribution is -2.50. The lowest BCUT2D eigenvalue weighted by Gasteiger charge is -2.45. The molecule has 84 valence electrons. The summed E-state index contributed by atoms with van der Waals surface area (Å²) < 4.78 is 1.84. The van der Waals surface area contributed by atoms with Crippen molar-refractivity contribution in [2.75, 3.05) is 6.54 Å².